The molecule has 0 saturated carbocycles. The predicted molar refractivity (Wildman–Crippen MR) is 50.7 cm³/mol. The van der Waals surface area contributed by atoms with Gasteiger partial charge < -0.3 is 10.8 Å². The summed E-state index contributed by atoms with van der Waals surface area (Å²) in [4.78, 5) is 22.5. The highest BCUT2D eigenvalue weighted by Gasteiger charge is 2.16. The minimum absolute atomic E-state index is 0.0505. The molecule has 72 valence electrons. The molecule has 1 rings (SSSR count). The van der Waals surface area contributed by atoms with Gasteiger partial charge in [-0.25, -0.2) is 4.68 Å². The van der Waals surface area contributed by atoms with Crippen molar-refractivity contribution in [2.75, 3.05) is 5.73 Å². The van der Waals surface area contributed by atoms with Gasteiger partial charge in [-0.05, 0) is 20.8 Å². The number of hydrogen-bond acceptors (Lipinski definition) is 3. The number of nitrogens with two attached hydrogens (primary N) is 1. The van der Waals surface area contributed by atoms with Crippen molar-refractivity contribution in [2.24, 2.45) is 0 Å². The minimum atomic E-state index is -0.659. The topological polar surface area (TPSA) is 80.9 Å². The normalized spacial score (nSPS) is 11.6. The van der Waals surface area contributed by atoms with Gasteiger partial charge in [0.25, 0.3) is 5.43 Å². The maximum absolute atomic E-state index is 11.4. The summed E-state index contributed by atoms with van der Waals surface area (Å²) in [7, 11) is 0. The first-order chi connectivity index (χ1) is 5.84. The number of aromatic amines is 1. The summed E-state index contributed by atoms with van der Waals surface area (Å²) < 4.78 is 1.26. The lowest BCUT2D eigenvalue weighted by molar-refractivity contribution is 0.336. The van der Waals surface area contributed by atoms with E-state index in [2.05, 4.69) is 5.10 Å². The molecule has 5 nitrogen and oxygen atoms in total. The molecule has 5 heteroatoms. The number of nitrogen functional groups attached to an aromatic ring is 1. The van der Waals surface area contributed by atoms with Crippen LogP contribution in [0.1, 0.15) is 20.8 Å². The molecule has 0 bridgehead atoms. The summed E-state index contributed by atoms with van der Waals surface area (Å²) in [5.74, 6) is 0. The Morgan fingerprint density at radius 2 is 1.92 bits per heavy atom. The van der Waals surface area contributed by atoms with E-state index in [9.17, 15) is 9.59 Å². The van der Waals surface area contributed by atoms with Crippen molar-refractivity contribution in [3.63, 3.8) is 0 Å². The molecule has 0 saturated heterocycles. The molecular weight excluding hydrogens is 170 g/mol. The Kier molecular flexibility index (Phi) is 2.03. The number of anilines is 1. The van der Waals surface area contributed by atoms with Crippen LogP contribution < -0.4 is 16.7 Å². The zero-order chi connectivity index (χ0) is 10.2. The van der Waals surface area contributed by atoms with Gasteiger partial charge in [-0.15, -0.1) is 0 Å². The molecule has 0 aliphatic carbocycles. The monoisotopic (exact) mass is 183 g/mol. The highest BCUT2D eigenvalue weighted by atomic mass is 16.2. The van der Waals surface area contributed by atoms with Crippen LogP contribution in [0.4, 0.5) is 5.69 Å². The molecule has 0 spiro atoms. The second-order valence-corrected chi connectivity index (χ2v) is 3.87. The van der Waals surface area contributed by atoms with E-state index in [0.717, 1.165) is 0 Å². The molecule has 0 aliphatic heterocycles. The van der Waals surface area contributed by atoms with E-state index >= 15 is 0 Å². The Morgan fingerprint density at radius 1 is 1.38 bits per heavy atom. The van der Waals surface area contributed by atoms with Gasteiger partial charge >= 0.3 is 5.56 Å². The largest absolute Gasteiger partial charge is 0.394 e. The Bertz CT molecular complexity index is 422. The molecular formula is C8H13N3O2. The van der Waals surface area contributed by atoms with E-state index in [4.69, 9.17) is 5.73 Å². The van der Waals surface area contributed by atoms with Crippen LogP contribution in [-0.2, 0) is 5.54 Å². The first-order valence-electron chi connectivity index (χ1n) is 3.95. The quantitative estimate of drug-likeness (QED) is 0.550. The van der Waals surface area contributed by atoms with Crippen molar-refractivity contribution < 1.29 is 0 Å². The van der Waals surface area contributed by atoms with E-state index in [1.54, 1.807) is 0 Å². The lowest BCUT2D eigenvalue weighted by Gasteiger charge is -2.21. The van der Waals surface area contributed by atoms with Gasteiger partial charge in [0.05, 0.1) is 5.54 Å². The average Bonchev–Trinajstić information content (AvgIpc) is 1.98. The zero-order valence-corrected chi connectivity index (χ0v) is 7.92. The molecule has 13 heavy (non-hydrogen) atoms. The van der Waals surface area contributed by atoms with Gasteiger partial charge in [-0.2, -0.15) is 0 Å². The highest BCUT2D eigenvalue weighted by Crippen LogP contribution is 2.07. The van der Waals surface area contributed by atoms with Gasteiger partial charge in [-0.3, -0.25) is 9.59 Å². The number of hydrogen-bond donors (Lipinski definition) is 2. The molecule has 3 N–H and O–H groups in total. The van der Waals surface area contributed by atoms with Gasteiger partial charge in [0.1, 0.15) is 5.69 Å². The highest BCUT2D eigenvalue weighted by molar-refractivity contribution is 5.31. The van der Waals surface area contributed by atoms with Crippen molar-refractivity contribution in [3.8, 4) is 0 Å². The van der Waals surface area contributed by atoms with E-state index in [1.807, 2.05) is 20.8 Å². The standard InChI is InChI=1S/C8H13N3O2/c1-8(2,3)11-7(13)6(12)5(9)4-10-11/h4,10H,9H2,1-3H3. The second kappa shape index (κ2) is 2.76. The van der Waals surface area contributed by atoms with Crippen molar-refractivity contribution in [3.05, 3.63) is 26.8 Å². The fourth-order valence-corrected chi connectivity index (χ4v) is 0.982. The molecule has 1 heterocycles. The van der Waals surface area contributed by atoms with Crippen LogP contribution in [0.5, 0.6) is 0 Å². The maximum Gasteiger partial charge on any atom is 0.315 e. The third-order valence-electron chi connectivity index (χ3n) is 1.68. The van der Waals surface area contributed by atoms with E-state index in [0.29, 0.717) is 0 Å². The lowest BCUT2D eigenvalue weighted by Crippen LogP contribution is -2.44. The van der Waals surface area contributed by atoms with Crippen LogP contribution in [0.3, 0.4) is 0 Å². The molecule has 0 unspecified atom stereocenters. The number of aromatic nitrogens is 2. The molecule has 1 aromatic heterocycles. The third kappa shape index (κ3) is 1.63. The smallest absolute Gasteiger partial charge is 0.315 e. The molecule has 0 radical (unpaired) electrons. The van der Waals surface area contributed by atoms with Crippen molar-refractivity contribution in [1.82, 2.24) is 9.78 Å². The summed E-state index contributed by atoms with van der Waals surface area (Å²) >= 11 is 0. The van der Waals surface area contributed by atoms with Crippen molar-refractivity contribution >= 4 is 5.69 Å². The summed E-state index contributed by atoms with van der Waals surface area (Å²) in [5.41, 5.74) is 3.51. The summed E-state index contributed by atoms with van der Waals surface area (Å²) in [6.45, 7) is 5.46. The number of H-pyrrole nitrogens is 1. The maximum atomic E-state index is 11.4. The first-order valence-corrected chi connectivity index (χ1v) is 3.95. The predicted octanol–water partition coefficient (Wildman–Crippen LogP) is -0.126. The Labute approximate surface area is 75.2 Å². The number of nitrogens with one attached hydrogen (secondary N) is 1. The van der Waals surface area contributed by atoms with Crippen LogP contribution in [0.15, 0.2) is 15.8 Å². The van der Waals surface area contributed by atoms with Gasteiger partial charge in [0.2, 0.25) is 0 Å². The molecule has 1 aromatic rings. The number of nitrogens with zero attached hydrogens (tertiary/aromatic N) is 1. The fraction of sp³-hybridized carbons (Fsp3) is 0.500. The van der Waals surface area contributed by atoms with Crippen LogP contribution in [-0.4, -0.2) is 9.78 Å². The van der Waals surface area contributed by atoms with E-state index < -0.39 is 16.5 Å². The van der Waals surface area contributed by atoms with Gasteiger partial charge in [0.15, 0.2) is 0 Å². The third-order valence-corrected chi connectivity index (χ3v) is 1.68. The summed E-state index contributed by atoms with van der Waals surface area (Å²) in [6, 6.07) is 0. The molecule has 0 atom stereocenters. The summed E-state index contributed by atoms with van der Waals surface area (Å²) in [5, 5.41) is 2.66. The molecule has 0 amide bonds. The van der Waals surface area contributed by atoms with E-state index in [1.165, 1.54) is 10.9 Å². The average molecular weight is 183 g/mol. The van der Waals surface area contributed by atoms with Crippen LogP contribution >= 0.6 is 0 Å². The van der Waals surface area contributed by atoms with Crippen molar-refractivity contribution in [2.45, 2.75) is 26.3 Å². The second-order valence-electron chi connectivity index (χ2n) is 3.87. The SMILES string of the molecule is CC(C)(C)n1[nH]cc(N)c(=O)c1=O. The zero-order valence-electron chi connectivity index (χ0n) is 7.92. The Balaban J connectivity index is 3.54. The van der Waals surface area contributed by atoms with E-state index in [-0.39, 0.29) is 5.69 Å². The molecule has 0 aromatic carbocycles. The first kappa shape index (κ1) is 9.57. The van der Waals surface area contributed by atoms with Crippen molar-refractivity contribution in [1.29, 1.82) is 0 Å². The summed E-state index contributed by atoms with van der Waals surface area (Å²) in [6.07, 6.45) is 1.33. The fourth-order valence-electron chi connectivity index (χ4n) is 0.982. The molecule has 0 fully saturated rings. The minimum Gasteiger partial charge on any atom is -0.394 e. The van der Waals surface area contributed by atoms with Crippen LogP contribution in [0.2, 0.25) is 0 Å². The van der Waals surface area contributed by atoms with Gasteiger partial charge in [0, 0.05) is 6.20 Å². The molecule has 0 aliphatic rings. The van der Waals surface area contributed by atoms with Crippen LogP contribution in [0, 0.1) is 0 Å². The van der Waals surface area contributed by atoms with Gasteiger partial charge in [-0.1, -0.05) is 0 Å². The Hall–Kier alpha value is -1.52. The lowest BCUT2D eigenvalue weighted by atomic mass is 10.1. The van der Waals surface area contributed by atoms with Crippen LogP contribution in [0.25, 0.3) is 0 Å². The Morgan fingerprint density at radius 3 is 2.38 bits per heavy atom. The number of rotatable bonds is 0.